The molecule has 23 heavy (non-hydrogen) atoms. The van der Waals surface area contributed by atoms with Crippen LogP contribution < -0.4 is 0 Å². The number of aromatic nitrogens is 2. The third kappa shape index (κ3) is 2.72. The van der Waals surface area contributed by atoms with Gasteiger partial charge in [0.15, 0.2) is 0 Å². The first kappa shape index (κ1) is 15.3. The molecule has 1 fully saturated rings. The molecule has 1 aliphatic rings. The third-order valence-electron chi connectivity index (χ3n) is 4.52. The number of rotatable bonds is 3. The zero-order valence-electron chi connectivity index (χ0n) is 13.1. The van der Waals surface area contributed by atoms with Gasteiger partial charge in [0.1, 0.15) is 0 Å². The van der Waals surface area contributed by atoms with Crippen molar-refractivity contribution in [2.45, 2.75) is 26.3 Å². The van der Waals surface area contributed by atoms with E-state index in [1.54, 1.807) is 22.7 Å². The molecule has 1 saturated heterocycles. The third-order valence-corrected chi connectivity index (χ3v) is 4.52. The van der Waals surface area contributed by atoms with Crippen LogP contribution in [-0.2, 0) is 4.79 Å². The maximum absolute atomic E-state index is 12.6. The molecule has 2 heterocycles. The Bertz CT molecular complexity index is 753. The molecule has 6 heteroatoms. The molecular weight excluding hydrogens is 294 g/mol. The van der Waals surface area contributed by atoms with Gasteiger partial charge in [0, 0.05) is 18.8 Å². The van der Waals surface area contributed by atoms with Gasteiger partial charge in [-0.2, -0.15) is 5.10 Å². The quantitative estimate of drug-likeness (QED) is 0.941. The van der Waals surface area contributed by atoms with Crippen LogP contribution in [0, 0.1) is 12.8 Å². The second-order valence-electron chi connectivity index (χ2n) is 5.93. The van der Waals surface area contributed by atoms with Crippen molar-refractivity contribution in [2.24, 2.45) is 5.92 Å². The van der Waals surface area contributed by atoms with Gasteiger partial charge in [-0.3, -0.25) is 9.59 Å². The number of carboxylic acids is 1. The molecule has 1 aliphatic heterocycles. The van der Waals surface area contributed by atoms with E-state index in [0.29, 0.717) is 18.5 Å². The second-order valence-corrected chi connectivity index (χ2v) is 5.93. The fraction of sp³-hybridized carbons (Fsp3) is 0.353. The van der Waals surface area contributed by atoms with Crippen molar-refractivity contribution in [3.63, 3.8) is 0 Å². The van der Waals surface area contributed by atoms with E-state index in [0.717, 1.165) is 11.3 Å². The number of para-hydroxylation sites is 1. The van der Waals surface area contributed by atoms with Gasteiger partial charge in [-0.05, 0) is 31.9 Å². The molecule has 0 bridgehead atoms. The number of carbonyl (C=O) groups is 2. The number of aryl methyl sites for hydroxylation is 1. The van der Waals surface area contributed by atoms with E-state index in [9.17, 15) is 14.7 Å². The Morgan fingerprint density at radius 1 is 1.30 bits per heavy atom. The summed E-state index contributed by atoms with van der Waals surface area (Å²) in [7, 11) is 0. The van der Waals surface area contributed by atoms with Crippen molar-refractivity contribution in [3.8, 4) is 5.69 Å². The van der Waals surface area contributed by atoms with Crippen molar-refractivity contribution < 1.29 is 14.7 Å². The first-order valence-corrected chi connectivity index (χ1v) is 7.63. The summed E-state index contributed by atoms with van der Waals surface area (Å²) in [6.07, 6.45) is 3.73. The molecule has 2 atom stereocenters. The summed E-state index contributed by atoms with van der Waals surface area (Å²) >= 11 is 0. The SMILES string of the molecule is Cc1ccccc1-n1cc(C(=O)N2CCC(C(=O)O)C2C)cn1. The van der Waals surface area contributed by atoms with Gasteiger partial charge in [0.05, 0.1) is 23.4 Å². The maximum Gasteiger partial charge on any atom is 0.308 e. The smallest absolute Gasteiger partial charge is 0.308 e. The van der Waals surface area contributed by atoms with Crippen LogP contribution in [0.2, 0.25) is 0 Å². The molecule has 1 N–H and O–H groups in total. The van der Waals surface area contributed by atoms with Gasteiger partial charge < -0.3 is 10.0 Å². The number of carbonyl (C=O) groups excluding carboxylic acids is 1. The number of aliphatic carboxylic acids is 1. The van der Waals surface area contributed by atoms with Gasteiger partial charge in [-0.15, -0.1) is 0 Å². The van der Waals surface area contributed by atoms with Crippen LogP contribution in [0.3, 0.4) is 0 Å². The first-order valence-electron chi connectivity index (χ1n) is 7.63. The number of hydrogen-bond acceptors (Lipinski definition) is 3. The molecule has 1 amide bonds. The van der Waals surface area contributed by atoms with Gasteiger partial charge in [0.25, 0.3) is 5.91 Å². The van der Waals surface area contributed by atoms with E-state index in [-0.39, 0.29) is 11.9 Å². The summed E-state index contributed by atoms with van der Waals surface area (Å²) in [6, 6.07) is 7.49. The average molecular weight is 313 g/mol. The molecule has 2 aromatic rings. The standard InChI is InChI=1S/C17H19N3O3/c1-11-5-3-4-6-15(11)20-10-13(9-18-20)16(21)19-8-7-14(12(19)2)17(22)23/h3-6,9-10,12,14H,7-8H2,1-2H3,(H,22,23). The molecule has 0 radical (unpaired) electrons. The Morgan fingerprint density at radius 2 is 2.04 bits per heavy atom. The Balaban J connectivity index is 1.82. The zero-order valence-corrected chi connectivity index (χ0v) is 13.1. The van der Waals surface area contributed by atoms with Crippen LogP contribution in [0.1, 0.15) is 29.3 Å². The van der Waals surface area contributed by atoms with Crippen LogP contribution in [0.4, 0.5) is 0 Å². The van der Waals surface area contributed by atoms with Gasteiger partial charge in [-0.1, -0.05) is 18.2 Å². The highest BCUT2D eigenvalue weighted by Gasteiger charge is 2.38. The van der Waals surface area contributed by atoms with Crippen molar-refractivity contribution in [2.75, 3.05) is 6.54 Å². The molecule has 6 nitrogen and oxygen atoms in total. The molecule has 1 aromatic heterocycles. The zero-order chi connectivity index (χ0) is 16.6. The predicted octanol–water partition coefficient (Wildman–Crippen LogP) is 2.12. The lowest BCUT2D eigenvalue weighted by molar-refractivity contribution is -0.142. The van der Waals surface area contributed by atoms with Crippen molar-refractivity contribution in [1.29, 1.82) is 0 Å². The fourth-order valence-corrected chi connectivity index (χ4v) is 3.11. The number of benzene rings is 1. The van der Waals surface area contributed by atoms with Crippen LogP contribution >= 0.6 is 0 Å². The minimum Gasteiger partial charge on any atom is -0.481 e. The van der Waals surface area contributed by atoms with E-state index in [2.05, 4.69) is 5.10 Å². The molecule has 0 saturated carbocycles. The first-order chi connectivity index (χ1) is 11.0. The lowest BCUT2D eigenvalue weighted by atomic mass is 10.0. The van der Waals surface area contributed by atoms with Gasteiger partial charge in [-0.25, -0.2) is 4.68 Å². The normalized spacial score (nSPS) is 20.7. The lowest BCUT2D eigenvalue weighted by Crippen LogP contribution is -2.37. The number of nitrogens with zero attached hydrogens (tertiary/aromatic N) is 3. The van der Waals surface area contributed by atoms with Gasteiger partial charge >= 0.3 is 5.97 Å². The highest BCUT2D eigenvalue weighted by molar-refractivity contribution is 5.94. The molecule has 120 valence electrons. The van der Waals surface area contributed by atoms with Crippen molar-refractivity contribution in [1.82, 2.24) is 14.7 Å². The Labute approximate surface area is 134 Å². The predicted molar refractivity (Wildman–Crippen MR) is 84.5 cm³/mol. The Hall–Kier alpha value is -2.63. The number of hydrogen-bond donors (Lipinski definition) is 1. The van der Waals surface area contributed by atoms with Crippen LogP contribution in [0.5, 0.6) is 0 Å². The van der Waals surface area contributed by atoms with E-state index in [1.165, 1.54) is 6.20 Å². The lowest BCUT2D eigenvalue weighted by Gasteiger charge is -2.22. The van der Waals surface area contributed by atoms with Crippen LogP contribution in [0.15, 0.2) is 36.7 Å². The largest absolute Gasteiger partial charge is 0.481 e. The summed E-state index contributed by atoms with van der Waals surface area (Å²) in [6.45, 7) is 4.24. The second kappa shape index (κ2) is 5.87. The van der Waals surface area contributed by atoms with E-state index in [4.69, 9.17) is 0 Å². The van der Waals surface area contributed by atoms with E-state index >= 15 is 0 Å². The molecule has 0 spiro atoms. The van der Waals surface area contributed by atoms with E-state index in [1.807, 2.05) is 31.2 Å². The Morgan fingerprint density at radius 3 is 2.70 bits per heavy atom. The summed E-state index contributed by atoms with van der Waals surface area (Å²) in [5.41, 5.74) is 2.46. The monoisotopic (exact) mass is 313 g/mol. The van der Waals surface area contributed by atoms with Crippen LogP contribution in [-0.4, -0.2) is 44.3 Å². The average Bonchev–Trinajstić information content (AvgIpc) is 3.14. The number of amides is 1. The van der Waals surface area contributed by atoms with E-state index < -0.39 is 11.9 Å². The fourth-order valence-electron chi connectivity index (χ4n) is 3.11. The van der Waals surface area contributed by atoms with Crippen molar-refractivity contribution >= 4 is 11.9 Å². The molecule has 1 aromatic carbocycles. The molecular formula is C17H19N3O3. The maximum atomic E-state index is 12.6. The summed E-state index contributed by atoms with van der Waals surface area (Å²) in [5.74, 6) is -1.50. The minimum absolute atomic E-state index is 0.166. The molecule has 3 rings (SSSR count). The topological polar surface area (TPSA) is 75.4 Å². The molecule has 0 aliphatic carbocycles. The molecule has 2 unspecified atom stereocenters. The van der Waals surface area contributed by atoms with Gasteiger partial charge in [0.2, 0.25) is 0 Å². The highest BCUT2D eigenvalue weighted by Crippen LogP contribution is 2.26. The van der Waals surface area contributed by atoms with Crippen LogP contribution in [0.25, 0.3) is 5.69 Å². The summed E-state index contributed by atoms with van der Waals surface area (Å²) < 4.78 is 1.68. The minimum atomic E-state index is -0.844. The highest BCUT2D eigenvalue weighted by atomic mass is 16.4. The summed E-state index contributed by atoms with van der Waals surface area (Å²) in [5, 5.41) is 13.5. The Kier molecular flexibility index (Phi) is 3.90. The van der Waals surface area contributed by atoms with Crippen molar-refractivity contribution in [3.05, 3.63) is 47.8 Å². The number of carboxylic acid groups (broad SMARTS) is 1. The summed E-state index contributed by atoms with van der Waals surface area (Å²) in [4.78, 5) is 25.4. The number of likely N-dealkylation sites (tertiary alicyclic amines) is 1.